The van der Waals surface area contributed by atoms with Gasteiger partial charge in [0.25, 0.3) is 0 Å². The predicted octanol–water partition coefficient (Wildman–Crippen LogP) is 3.70. The van der Waals surface area contributed by atoms with E-state index in [1.165, 1.54) is 50.9 Å². The smallest absolute Gasteiger partial charge is 0.416 e. The molecule has 30 heavy (non-hydrogen) atoms. The van der Waals surface area contributed by atoms with Gasteiger partial charge in [0.15, 0.2) is 0 Å². The van der Waals surface area contributed by atoms with Crippen LogP contribution in [0.15, 0.2) is 24.3 Å². The summed E-state index contributed by atoms with van der Waals surface area (Å²) in [5.41, 5.74) is -0.0853. The zero-order valence-corrected chi connectivity index (χ0v) is 16.9. The molecule has 0 unspecified atom stereocenters. The number of carboxylic acids is 2. The minimum atomic E-state index is -4.26. The average molecular weight is 430 g/mol. The van der Waals surface area contributed by atoms with E-state index in [0.29, 0.717) is 18.2 Å². The van der Waals surface area contributed by atoms with Crippen LogP contribution in [0.5, 0.6) is 0 Å². The number of nitrogens with zero attached hydrogens (tertiary/aromatic N) is 2. The molecule has 0 atom stereocenters. The number of hydrogen-bond donors (Lipinski definition) is 2. The van der Waals surface area contributed by atoms with Gasteiger partial charge in [-0.05, 0) is 63.5 Å². The van der Waals surface area contributed by atoms with Crippen LogP contribution in [-0.2, 0) is 22.3 Å². The molecule has 2 saturated heterocycles. The van der Waals surface area contributed by atoms with Crippen molar-refractivity contribution >= 4 is 11.9 Å². The second-order valence-corrected chi connectivity index (χ2v) is 7.72. The highest BCUT2D eigenvalue weighted by Gasteiger charge is 2.33. The predicted molar refractivity (Wildman–Crippen MR) is 105 cm³/mol. The first kappa shape index (κ1) is 24.1. The highest BCUT2D eigenvalue weighted by atomic mass is 19.4. The van der Waals surface area contributed by atoms with Gasteiger partial charge in [0.05, 0.1) is 5.56 Å². The summed E-state index contributed by atoms with van der Waals surface area (Å²) in [4.78, 5) is 23.0. The van der Waals surface area contributed by atoms with Crippen LogP contribution in [0.3, 0.4) is 0 Å². The topological polar surface area (TPSA) is 81.1 Å². The van der Waals surface area contributed by atoms with E-state index in [4.69, 9.17) is 19.8 Å². The minimum Gasteiger partial charge on any atom is -0.473 e. The van der Waals surface area contributed by atoms with Crippen LogP contribution in [0.2, 0.25) is 0 Å². The van der Waals surface area contributed by atoms with E-state index in [1.807, 2.05) is 0 Å². The van der Waals surface area contributed by atoms with Crippen LogP contribution in [0.25, 0.3) is 0 Å². The van der Waals surface area contributed by atoms with Gasteiger partial charge in [0.1, 0.15) is 0 Å². The average Bonchev–Trinajstić information content (AvgIpc) is 2.98. The lowest BCUT2D eigenvalue weighted by molar-refractivity contribution is -0.159. The Morgan fingerprint density at radius 3 is 1.93 bits per heavy atom. The van der Waals surface area contributed by atoms with E-state index in [-0.39, 0.29) is 0 Å². The van der Waals surface area contributed by atoms with E-state index < -0.39 is 23.7 Å². The number of carboxylic acid groups (broad SMARTS) is 2. The molecule has 1 aromatic carbocycles. The monoisotopic (exact) mass is 430 g/mol. The van der Waals surface area contributed by atoms with Crippen molar-refractivity contribution in [3.8, 4) is 0 Å². The van der Waals surface area contributed by atoms with Crippen LogP contribution in [-0.4, -0.2) is 64.2 Å². The lowest BCUT2D eigenvalue weighted by Crippen LogP contribution is -2.45. The van der Waals surface area contributed by atoms with Gasteiger partial charge in [-0.1, -0.05) is 31.0 Å². The number of alkyl halides is 3. The Morgan fingerprint density at radius 2 is 1.43 bits per heavy atom. The Morgan fingerprint density at radius 1 is 0.900 bits per heavy atom. The largest absolute Gasteiger partial charge is 0.473 e. The number of halogens is 3. The summed E-state index contributed by atoms with van der Waals surface area (Å²) in [5.74, 6) is -3.65. The molecule has 0 spiro atoms. The van der Waals surface area contributed by atoms with Gasteiger partial charge in [-0.25, -0.2) is 9.59 Å². The van der Waals surface area contributed by atoms with Crippen LogP contribution < -0.4 is 0 Å². The normalized spacial score (nSPS) is 19.4. The van der Waals surface area contributed by atoms with Crippen LogP contribution in [0.1, 0.15) is 49.7 Å². The van der Waals surface area contributed by atoms with Crippen molar-refractivity contribution in [3.63, 3.8) is 0 Å². The van der Waals surface area contributed by atoms with Crippen molar-refractivity contribution < 1.29 is 33.0 Å². The van der Waals surface area contributed by atoms with Crippen molar-refractivity contribution in [1.29, 1.82) is 0 Å². The Kier molecular flexibility index (Phi) is 9.10. The molecule has 0 saturated carbocycles. The minimum absolute atomic E-state index is 0.401. The molecular formula is C21H29F3N2O4. The molecular weight excluding hydrogens is 401 g/mol. The summed E-state index contributed by atoms with van der Waals surface area (Å²) in [6, 6.07) is 6.60. The molecule has 2 fully saturated rings. The van der Waals surface area contributed by atoms with Crippen LogP contribution in [0, 0.1) is 0 Å². The molecule has 0 aliphatic carbocycles. The maximum atomic E-state index is 13.1. The van der Waals surface area contributed by atoms with E-state index in [0.717, 1.165) is 25.9 Å². The number of carbonyl (C=O) groups is 2. The van der Waals surface area contributed by atoms with Gasteiger partial charge in [0.2, 0.25) is 0 Å². The Labute approximate surface area is 174 Å². The summed E-state index contributed by atoms with van der Waals surface area (Å²) < 4.78 is 39.4. The molecule has 2 aliphatic rings. The molecule has 2 N–H and O–H groups in total. The molecule has 168 valence electrons. The third-order valence-electron chi connectivity index (χ3n) is 5.61. The first-order valence-corrected chi connectivity index (χ1v) is 10.3. The van der Waals surface area contributed by atoms with Crippen molar-refractivity contribution in [2.75, 3.05) is 26.2 Å². The van der Waals surface area contributed by atoms with Gasteiger partial charge >= 0.3 is 18.1 Å². The standard InChI is InChI=1S/C19H27F3N2.C2H2O4/c20-19(21,22)18-8-4-3-7-16(18)15-23-13-9-17(10-14-23)24-11-5-1-2-6-12-24;3-1(4)2(5)6/h3-4,7-8,17H,1-2,5-6,9-15H2;(H,3,4)(H,5,6). The first-order chi connectivity index (χ1) is 14.2. The zero-order chi connectivity index (χ0) is 22.1. The number of benzene rings is 1. The second kappa shape index (κ2) is 11.3. The lowest BCUT2D eigenvalue weighted by atomic mass is 10.0. The Hall–Kier alpha value is -2.13. The lowest BCUT2D eigenvalue weighted by Gasteiger charge is -2.38. The number of piperidine rings is 1. The molecule has 2 aliphatic heterocycles. The highest BCUT2D eigenvalue weighted by Crippen LogP contribution is 2.33. The number of hydrogen-bond acceptors (Lipinski definition) is 4. The SMILES string of the molecule is FC(F)(F)c1ccccc1CN1CCC(N2CCCCCC2)CC1.O=C(O)C(=O)O. The maximum absolute atomic E-state index is 13.1. The van der Waals surface area contributed by atoms with Crippen molar-refractivity contribution in [2.24, 2.45) is 0 Å². The van der Waals surface area contributed by atoms with Crippen LogP contribution in [0.4, 0.5) is 13.2 Å². The van der Waals surface area contributed by atoms with E-state index in [2.05, 4.69) is 9.80 Å². The molecule has 0 aromatic heterocycles. The third kappa shape index (κ3) is 7.60. The number of aliphatic carboxylic acids is 2. The molecule has 3 rings (SSSR count). The number of likely N-dealkylation sites (tertiary alicyclic amines) is 2. The van der Waals surface area contributed by atoms with Gasteiger partial charge in [-0.15, -0.1) is 0 Å². The molecule has 9 heteroatoms. The van der Waals surface area contributed by atoms with Crippen molar-refractivity contribution in [3.05, 3.63) is 35.4 Å². The van der Waals surface area contributed by atoms with Gasteiger partial charge < -0.3 is 15.1 Å². The number of rotatable bonds is 3. The zero-order valence-electron chi connectivity index (χ0n) is 16.9. The summed E-state index contributed by atoms with van der Waals surface area (Å²) in [5, 5.41) is 14.8. The van der Waals surface area contributed by atoms with Gasteiger partial charge in [-0.3, -0.25) is 4.90 Å². The maximum Gasteiger partial charge on any atom is 0.416 e. The third-order valence-corrected chi connectivity index (χ3v) is 5.61. The molecule has 0 amide bonds. The van der Waals surface area contributed by atoms with E-state index >= 15 is 0 Å². The first-order valence-electron chi connectivity index (χ1n) is 10.3. The quantitative estimate of drug-likeness (QED) is 0.712. The van der Waals surface area contributed by atoms with E-state index in [9.17, 15) is 13.2 Å². The fourth-order valence-corrected chi connectivity index (χ4v) is 4.08. The molecule has 2 heterocycles. The summed E-state index contributed by atoms with van der Waals surface area (Å²) in [6.07, 6.45) is 3.15. The van der Waals surface area contributed by atoms with E-state index in [1.54, 1.807) is 12.1 Å². The fourth-order valence-electron chi connectivity index (χ4n) is 4.08. The molecule has 6 nitrogen and oxygen atoms in total. The van der Waals surface area contributed by atoms with Gasteiger partial charge in [-0.2, -0.15) is 13.2 Å². The Balaban J connectivity index is 0.000000469. The highest BCUT2D eigenvalue weighted by molar-refractivity contribution is 6.27. The van der Waals surface area contributed by atoms with Crippen molar-refractivity contribution in [2.45, 2.75) is 57.3 Å². The van der Waals surface area contributed by atoms with Crippen molar-refractivity contribution in [1.82, 2.24) is 9.80 Å². The second-order valence-electron chi connectivity index (χ2n) is 7.72. The molecule has 0 radical (unpaired) electrons. The molecule has 0 bridgehead atoms. The summed E-state index contributed by atoms with van der Waals surface area (Å²) in [7, 11) is 0. The molecule has 1 aromatic rings. The Bertz CT molecular complexity index is 684. The summed E-state index contributed by atoms with van der Waals surface area (Å²) >= 11 is 0. The van der Waals surface area contributed by atoms with Gasteiger partial charge in [0, 0.05) is 12.6 Å². The van der Waals surface area contributed by atoms with Crippen LogP contribution >= 0.6 is 0 Å². The summed E-state index contributed by atoms with van der Waals surface area (Å²) in [6.45, 7) is 4.59. The fraction of sp³-hybridized carbons (Fsp3) is 0.619.